The molecular formula is C24H31N3O3. The molecule has 30 heavy (non-hydrogen) atoms. The van der Waals surface area contributed by atoms with Crippen LogP contribution in [-0.4, -0.2) is 52.0 Å². The number of carbonyl (C=O) groups is 2. The molecular weight excluding hydrogens is 378 g/mol. The summed E-state index contributed by atoms with van der Waals surface area (Å²) in [5, 5.41) is 13.5. The highest BCUT2D eigenvalue weighted by molar-refractivity contribution is 5.92. The van der Waals surface area contributed by atoms with Crippen molar-refractivity contribution in [2.24, 2.45) is 11.8 Å². The van der Waals surface area contributed by atoms with Crippen molar-refractivity contribution in [1.82, 2.24) is 15.2 Å². The molecule has 0 spiro atoms. The lowest BCUT2D eigenvalue weighted by Gasteiger charge is -2.35. The molecule has 1 saturated carbocycles. The minimum Gasteiger partial charge on any atom is -0.391 e. The van der Waals surface area contributed by atoms with Gasteiger partial charge in [-0.3, -0.25) is 9.59 Å². The number of aromatic amines is 1. The smallest absolute Gasteiger partial charge is 0.267 e. The predicted octanol–water partition coefficient (Wildman–Crippen LogP) is 2.76. The molecule has 2 aliphatic rings. The highest BCUT2D eigenvalue weighted by atomic mass is 16.3. The molecule has 0 radical (unpaired) electrons. The number of amides is 2. The number of benzene rings is 1. The Morgan fingerprint density at radius 2 is 1.80 bits per heavy atom. The summed E-state index contributed by atoms with van der Waals surface area (Å²) in [5.41, 5.74) is 1.82. The SMILES string of the molecule is O=C(N[C@H]1C[C@H]2CN(C(=O)CCCCc3ccccc3)C[C@H]2C[C@@H]1O)c1ccc[nH]1. The van der Waals surface area contributed by atoms with Gasteiger partial charge in [0.05, 0.1) is 12.1 Å². The third kappa shape index (κ3) is 4.93. The van der Waals surface area contributed by atoms with E-state index in [2.05, 4.69) is 34.6 Å². The van der Waals surface area contributed by atoms with Gasteiger partial charge in [-0.15, -0.1) is 0 Å². The summed E-state index contributed by atoms with van der Waals surface area (Å²) in [5.74, 6) is 0.702. The Morgan fingerprint density at radius 3 is 2.53 bits per heavy atom. The monoisotopic (exact) mass is 409 g/mol. The summed E-state index contributed by atoms with van der Waals surface area (Å²) in [4.78, 5) is 29.9. The maximum absolute atomic E-state index is 12.7. The lowest BCUT2D eigenvalue weighted by atomic mass is 9.77. The van der Waals surface area contributed by atoms with Crippen molar-refractivity contribution < 1.29 is 14.7 Å². The van der Waals surface area contributed by atoms with Crippen molar-refractivity contribution in [3.05, 3.63) is 59.9 Å². The van der Waals surface area contributed by atoms with Gasteiger partial charge in [0.2, 0.25) is 5.91 Å². The van der Waals surface area contributed by atoms with E-state index in [0.717, 1.165) is 38.8 Å². The van der Waals surface area contributed by atoms with E-state index < -0.39 is 6.10 Å². The maximum Gasteiger partial charge on any atom is 0.267 e. The number of carbonyl (C=O) groups excluding carboxylic acids is 2. The van der Waals surface area contributed by atoms with Crippen LogP contribution in [-0.2, 0) is 11.2 Å². The fourth-order valence-corrected chi connectivity index (χ4v) is 4.92. The highest BCUT2D eigenvalue weighted by Crippen LogP contribution is 2.37. The van der Waals surface area contributed by atoms with Crippen LogP contribution in [0.25, 0.3) is 0 Å². The van der Waals surface area contributed by atoms with E-state index in [4.69, 9.17) is 0 Å². The number of likely N-dealkylation sites (tertiary alicyclic amines) is 1. The summed E-state index contributed by atoms with van der Waals surface area (Å²) < 4.78 is 0. The van der Waals surface area contributed by atoms with Crippen molar-refractivity contribution >= 4 is 11.8 Å². The van der Waals surface area contributed by atoms with Crippen LogP contribution >= 0.6 is 0 Å². The first-order valence-electron chi connectivity index (χ1n) is 11.0. The minimum atomic E-state index is -0.564. The van der Waals surface area contributed by atoms with E-state index in [0.29, 0.717) is 30.4 Å². The van der Waals surface area contributed by atoms with Gasteiger partial charge in [0.15, 0.2) is 0 Å². The second-order valence-electron chi connectivity index (χ2n) is 8.71. The van der Waals surface area contributed by atoms with Crippen molar-refractivity contribution in [3.63, 3.8) is 0 Å². The van der Waals surface area contributed by atoms with E-state index >= 15 is 0 Å². The lowest BCUT2D eigenvalue weighted by Crippen LogP contribution is -2.49. The fourth-order valence-electron chi connectivity index (χ4n) is 4.92. The molecule has 1 aromatic heterocycles. The number of hydrogen-bond acceptors (Lipinski definition) is 3. The molecule has 3 N–H and O–H groups in total. The Morgan fingerprint density at radius 1 is 1.03 bits per heavy atom. The number of aliphatic hydroxyl groups is 1. The summed E-state index contributed by atoms with van der Waals surface area (Å²) in [6.07, 6.45) is 6.01. The van der Waals surface area contributed by atoms with Gasteiger partial charge in [-0.1, -0.05) is 30.3 Å². The molecule has 4 atom stereocenters. The van der Waals surface area contributed by atoms with Crippen LogP contribution in [0.5, 0.6) is 0 Å². The molecule has 6 heteroatoms. The first-order chi connectivity index (χ1) is 14.6. The van der Waals surface area contributed by atoms with Crippen LogP contribution in [0, 0.1) is 11.8 Å². The normalized spacial score (nSPS) is 25.7. The number of aliphatic hydroxyl groups excluding tert-OH is 1. The Labute approximate surface area is 177 Å². The molecule has 1 aliphatic heterocycles. The number of nitrogens with one attached hydrogen (secondary N) is 2. The van der Waals surface area contributed by atoms with Gasteiger partial charge in [0.25, 0.3) is 5.91 Å². The molecule has 6 nitrogen and oxygen atoms in total. The van der Waals surface area contributed by atoms with Crippen LogP contribution in [0.1, 0.15) is 48.2 Å². The zero-order valence-electron chi connectivity index (χ0n) is 17.3. The number of unbranched alkanes of at least 4 members (excludes halogenated alkanes) is 1. The van der Waals surface area contributed by atoms with Crippen molar-refractivity contribution in [1.29, 1.82) is 0 Å². The van der Waals surface area contributed by atoms with Gasteiger partial charge in [-0.05, 0) is 61.6 Å². The van der Waals surface area contributed by atoms with Crippen molar-refractivity contribution in [3.8, 4) is 0 Å². The van der Waals surface area contributed by atoms with Crippen LogP contribution < -0.4 is 5.32 Å². The quantitative estimate of drug-likeness (QED) is 0.615. The van der Waals surface area contributed by atoms with Crippen molar-refractivity contribution in [2.45, 2.75) is 50.7 Å². The molecule has 0 bridgehead atoms. The van der Waals surface area contributed by atoms with Gasteiger partial charge >= 0.3 is 0 Å². The topological polar surface area (TPSA) is 85.4 Å². The van der Waals surface area contributed by atoms with Crippen LogP contribution in [0.3, 0.4) is 0 Å². The molecule has 0 unspecified atom stereocenters. The zero-order chi connectivity index (χ0) is 20.9. The van der Waals surface area contributed by atoms with Crippen LogP contribution in [0.15, 0.2) is 48.7 Å². The summed E-state index contributed by atoms with van der Waals surface area (Å²) in [6.45, 7) is 1.47. The molecule has 1 aliphatic carbocycles. The Kier molecular flexibility index (Phi) is 6.53. The summed E-state index contributed by atoms with van der Waals surface area (Å²) in [6, 6.07) is 13.6. The molecule has 2 heterocycles. The lowest BCUT2D eigenvalue weighted by molar-refractivity contribution is -0.130. The predicted molar refractivity (Wildman–Crippen MR) is 115 cm³/mol. The maximum atomic E-state index is 12.7. The van der Waals surface area contributed by atoms with Crippen LogP contribution in [0.4, 0.5) is 0 Å². The molecule has 1 aromatic carbocycles. The number of H-pyrrole nitrogens is 1. The minimum absolute atomic E-state index is 0.188. The average molecular weight is 410 g/mol. The number of aromatic nitrogens is 1. The second-order valence-corrected chi connectivity index (χ2v) is 8.71. The third-order valence-electron chi connectivity index (χ3n) is 6.60. The Hall–Kier alpha value is -2.60. The molecule has 2 fully saturated rings. The standard InChI is InChI=1S/C24H31N3O3/c28-22-14-19-16-27(23(29)11-5-4-9-17-7-2-1-3-8-17)15-18(19)13-21(22)26-24(30)20-10-6-12-25-20/h1-3,6-8,10,12,18-19,21-22,25,28H,4-5,9,11,13-16H2,(H,26,30)/t18-,19+,21-,22-/m0/s1. The zero-order valence-corrected chi connectivity index (χ0v) is 17.3. The Balaban J connectivity index is 1.23. The van der Waals surface area contributed by atoms with E-state index in [1.165, 1.54) is 5.56 Å². The average Bonchev–Trinajstić information content (AvgIpc) is 3.42. The fraction of sp³-hybridized carbons (Fsp3) is 0.500. The van der Waals surface area contributed by atoms with Crippen LogP contribution in [0.2, 0.25) is 0 Å². The number of fused-ring (bicyclic) bond motifs is 1. The van der Waals surface area contributed by atoms with E-state index in [1.54, 1.807) is 18.3 Å². The van der Waals surface area contributed by atoms with E-state index in [1.807, 2.05) is 11.0 Å². The molecule has 160 valence electrons. The Bertz CT molecular complexity index is 837. The number of hydrogen-bond donors (Lipinski definition) is 3. The van der Waals surface area contributed by atoms with E-state index in [-0.39, 0.29) is 17.9 Å². The number of nitrogens with zero attached hydrogens (tertiary/aromatic N) is 1. The van der Waals surface area contributed by atoms with Gasteiger partial charge in [-0.25, -0.2) is 0 Å². The number of aryl methyl sites for hydroxylation is 1. The summed E-state index contributed by atoms with van der Waals surface area (Å²) in [7, 11) is 0. The first-order valence-corrected chi connectivity index (χ1v) is 11.0. The molecule has 4 rings (SSSR count). The number of rotatable bonds is 7. The molecule has 1 saturated heterocycles. The van der Waals surface area contributed by atoms with Gasteiger partial charge in [-0.2, -0.15) is 0 Å². The third-order valence-corrected chi connectivity index (χ3v) is 6.60. The molecule has 2 amide bonds. The van der Waals surface area contributed by atoms with Gasteiger partial charge in [0, 0.05) is 25.7 Å². The largest absolute Gasteiger partial charge is 0.391 e. The van der Waals surface area contributed by atoms with Crippen molar-refractivity contribution in [2.75, 3.05) is 13.1 Å². The van der Waals surface area contributed by atoms with Gasteiger partial charge < -0.3 is 20.3 Å². The second kappa shape index (κ2) is 9.47. The summed E-state index contributed by atoms with van der Waals surface area (Å²) >= 11 is 0. The highest BCUT2D eigenvalue weighted by Gasteiger charge is 2.43. The van der Waals surface area contributed by atoms with Gasteiger partial charge in [0.1, 0.15) is 5.69 Å². The van der Waals surface area contributed by atoms with E-state index in [9.17, 15) is 14.7 Å². The first kappa shape index (κ1) is 20.7. The molecule has 2 aromatic rings.